The first kappa shape index (κ1) is 18.7. The lowest BCUT2D eigenvalue weighted by Crippen LogP contribution is -2.35. The van der Waals surface area contributed by atoms with Gasteiger partial charge in [0.05, 0.1) is 0 Å². The fourth-order valence-electron chi connectivity index (χ4n) is 5.19. The summed E-state index contributed by atoms with van der Waals surface area (Å²) >= 11 is 2.05. The zero-order valence-corrected chi connectivity index (χ0v) is 16.8. The first-order valence-corrected chi connectivity index (χ1v) is 11.2. The van der Waals surface area contributed by atoms with Crippen LogP contribution in [0.4, 0.5) is 0 Å². The molecule has 144 valence electrons. The maximum Gasteiger partial charge on any atom is 0.120 e. The molecule has 27 heavy (non-hydrogen) atoms. The molecular formula is C24H30O2S. The number of phenols is 2. The van der Waals surface area contributed by atoms with E-state index in [1.165, 1.54) is 38.5 Å². The Labute approximate surface area is 167 Å². The Morgan fingerprint density at radius 3 is 1.30 bits per heavy atom. The largest absolute Gasteiger partial charge is 0.508 e. The Kier molecular flexibility index (Phi) is 5.41. The molecule has 0 aliphatic heterocycles. The third-order valence-corrected chi connectivity index (χ3v) is 8.54. The predicted molar refractivity (Wildman–Crippen MR) is 113 cm³/mol. The number of hydrogen-bond donors (Lipinski definition) is 2. The van der Waals surface area contributed by atoms with Crippen LogP contribution < -0.4 is 0 Å². The highest BCUT2D eigenvalue weighted by molar-refractivity contribution is 8.01. The maximum atomic E-state index is 10.7. The minimum absolute atomic E-state index is 0.0663. The van der Waals surface area contributed by atoms with Crippen LogP contribution >= 0.6 is 11.8 Å². The summed E-state index contributed by atoms with van der Waals surface area (Å²) in [7, 11) is 0. The first-order chi connectivity index (χ1) is 13.2. The standard InChI is InChI=1S/C24H30O2S/c25-21-13-5-3-11-19(21)23(15-7-1-8-16-23)27-24(17-9-2-10-18-24)20-12-4-6-14-22(20)26/h3-6,11-14,25-26H,1-2,7-10,15-18H2. The van der Waals surface area contributed by atoms with Crippen LogP contribution in [0.2, 0.25) is 0 Å². The Hall–Kier alpha value is -1.61. The van der Waals surface area contributed by atoms with Crippen LogP contribution in [0.5, 0.6) is 11.5 Å². The van der Waals surface area contributed by atoms with Crippen molar-refractivity contribution in [2.45, 2.75) is 73.7 Å². The molecule has 0 spiro atoms. The second kappa shape index (κ2) is 7.79. The van der Waals surface area contributed by atoms with Gasteiger partial charge >= 0.3 is 0 Å². The zero-order valence-electron chi connectivity index (χ0n) is 16.0. The molecule has 2 aliphatic rings. The van der Waals surface area contributed by atoms with Gasteiger partial charge in [-0.05, 0) is 37.8 Å². The highest BCUT2D eigenvalue weighted by Gasteiger charge is 2.46. The normalized spacial score (nSPS) is 21.6. The van der Waals surface area contributed by atoms with Crippen LogP contribution in [0.25, 0.3) is 0 Å². The van der Waals surface area contributed by atoms with Crippen LogP contribution in [0.1, 0.15) is 75.3 Å². The van der Waals surface area contributed by atoms with Gasteiger partial charge in [0.15, 0.2) is 0 Å². The molecule has 2 fully saturated rings. The van der Waals surface area contributed by atoms with E-state index in [4.69, 9.17) is 0 Å². The van der Waals surface area contributed by atoms with Gasteiger partial charge in [-0.3, -0.25) is 0 Å². The smallest absolute Gasteiger partial charge is 0.120 e. The molecule has 2 aromatic carbocycles. The summed E-state index contributed by atoms with van der Waals surface area (Å²) in [4.78, 5) is 0. The van der Waals surface area contributed by atoms with E-state index in [1.54, 1.807) is 0 Å². The Morgan fingerprint density at radius 2 is 0.926 bits per heavy atom. The Balaban J connectivity index is 1.80. The number of thioether (sulfide) groups is 1. The number of aromatic hydroxyl groups is 2. The van der Waals surface area contributed by atoms with Gasteiger partial charge in [-0.1, -0.05) is 74.9 Å². The van der Waals surface area contributed by atoms with Crippen molar-refractivity contribution >= 4 is 11.8 Å². The fourth-order valence-corrected chi connectivity index (χ4v) is 7.49. The summed E-state index contributed by atoms with van der Waals surface area (Å²) < 4.78 is -0.133. The van der Waals surface area contributed by atoms with Crippen molar-refractivity contribution in [3.63, 3.8) is 0 Å². The summed E-state index contributed by atoms with van der Waals surface area (Å²) in [6.07, 6.45) is 11.8. The lowest BCUT2D eigenvalue weighted by atomic mass is 9.81. The summed E-state index contributed by atoms with van der Waals surface area (Å²) in [6.45, 7) is 0. The van der Waals surface area contributed by atoms with E-state index in [-0.39, 0.29) is 9.49 Å². The molecule has 2 N–H and O–H groups in total. The molecule has 4 rings (SSSR count). The molecule has 0 bridgehead atoms. The number of hydrogen-bond acceptors (Lipinski definition) is 3. The lowest BCUT2D eigenvalue weighted by Gasteiger charge is -2.47. The van der Waals surface area contributed by atoms with E-state index in [2.05, 4.69) is 36.0 Å². The minimum Gasteiger partial charge on any atom is -0.508 e. The second-order valence-electron chi connectivity index (χ2n) is 8.25. The number of phenolic OH excluding ortho intramolecular Hbond substituents is 2. The van der Waals surface area contributed by atoms with Gasteiger partial charge in [0.25, 0.3) is 0 Å². The Bertz CT molecular complexity index is 708. The van der Waals surface area contributed by atoms with E-state index in [0.717, 1.165) is 36.8 Å². The molecular weight excluding hydrogens is 352 g/mol. The van der Waals surface area contributed by atoms with Gasteiger partial charge in [0, 0.05) is 20.6 Å². The number of para-hydroxylation sites is 2. The monoisotopic (exact) mass is 382 g/mol. The summed E-state index contributed by atoms with van der Waals surface area (Å²) in [5.74, 6) is 0.852. The molecule has 0 amide bonds. The zero-order chi connectivity index (χ0) is 18.7. The summed E-state index contributed by atoms with van der Waals surface area (Å²) in [5, 5.41) is 21.4. The number of benzene rings is 2. The molecule has 2 aromatic rings. The van der Waals surface area contributed by atoms with E-state index < -0.39 is 0 Å². The topological polar surface area (TPSA) is 40.5 Å². The van der Waals surface area contributed by atoms with Gasteiger partial charge in [-0.2, -0.15) is 0 Å². The average molecular weight is 383 g/mol. The molecule has 0 aromatic heterocycles. The van der Waals surface area contributed by atoms with E-state index in [9.17, 15) is 10.2 Å². The maximum absolute atomic E-state index is 10.7. The van der Waals surface area contributed by atoms with E-state index >= 15 is 0 Å². The van der Waals surface area contributed by atoms with Gasteiger partial charge in [0.2, 0.25) is 0 Å². The molecule has 0 atom stereocenters. The van der Waals surface area contributed by atoms with Crippen LogP contribution in [-0.4, -0.2) is 10.2 Å². The molecule has 0 unspecified atom stereocenters. The van der Waals surface area contributed by atoms with Crippen LogP contribution in [0.15, 0.2) is 48.5 Å². The molecule has 0 heterocycles. The van der Waals surface area contributed by atoms with Gasteiger partial charge in [-0.25, -0.2) is 0 Å². The molecule has 2 saturated carbocycles. The SMILES string of the molecule is Oc1ccccc1C1(SC2(c3ccccc3O)CCCCC2)CCCCC1. The van der Waals surface area contributed by atoms with Crippen molar-refractivity contribution in [1.29, 1.82) is 0 Å². The van der Waals surface area contributed by atoms with Crippen LogP contribution in [-0.2, 0) is 9.49 Å². The third kappa shape index (κ3) is 3.59. The highest BCUT2D eigenvalue weighted by Crippen LogP contribution is 2.62. The van der Waals surface area contributed by atoms with Crippen LogP contribution in [0.3, 0.4) is 0 Å². The quantitative estimate of drug-likeness (QED) is 0.607. The first-order valence-electron chi connectivity index (χ1n) is 10.4. The fraction of sp³-hybridized carbons (Fsp3) is 0.500. The average Bonchev–Trinajstić information content (AvgIpc) is 2.70. The number of rotatable bonds is 4. The predicted octanol–water partition coefficient (Wildman–Crippen LogP) is 6.85. The summed E-state index contributed by atoms with van der Waals surface area (Å²) in [6, 6.07) is 15.8. The van der Waals surface area contributed by atoms with Crippen molar-refractivity contribution in [3.05, 3.63) is 59.7 Å². The molecule has 3 heteroatoms. The minimum atomic E-state index is -0.0663. The van der Waals surface area contributed by atoms with Crippen molar-refractivity contribution in [2.75, 3.05) is 0 Å². The van der Waals surface area contributed by atoms with Gasteiger partial charge < -0.3 is 10.2 Å². The van der Waals surface area contributed by atoms with Crippen LogP contribution in [0, 0.1) is 0 Å². The van der Waals surface area contributed by atoms with Gasteiger partial charge in [-0.15, -0.1) is 11.8 Å². The van der Waals surface area contributed by atoms with Crippen molar-refractivity contribution in [1.82, 2.24) is 0 Å². The molecule has 0 saturated heterocycles. The van der Waals surface area contributed by atoms with Crippen molar-refractivity contribution in [2.24, 2.45) is 0 Å². The van der Waals surface area contributed by atoms with E-state index in [0.29, 0.717) is 11.5 Å². The Morgan fingerprint density at radius 1 is 0.556 bits per heavy atom. The second-order valence-corrected chi connectivity index (χ2v) is 10.0. The third-order valence-electron chi connectivity index (χ3n) is 6.50. The molecule has 0 radical (unpaired) electrons. The van der Waals surface area contributed by atoms with Crippen molar-refractivity contribution in [3.8, 4) is 11.5 Å². The molecule has 2 nitrogen and oxygen atoms in total. The van der Waals surface area contributed by atoms with Crippen molar-refractivity contribution < 1.29 is 10.2 Å². The summed E-state index contributed by atoms with van der Waals surface area (Å²) in [5.41, 5.74) is 2.19. The van der Waals surface area contributed by atoms with Gasteiger partial charge in [0.1, 0.15) is 11.5 Å². The van der Waals surface area contributed by atoms with E-state index in [1.807, 2.05) is 24.3 Å². The molecule has 2 aliphatic carbocycles. The lowest BCUT2D eigenvalue weighted by molar-refractivity contribution is 0.357. The highest BCUT2D eigenvalue weighted by atomic mass is 32.2.